The number of nitrogens with one attached hydrogen (secondary N) is 1. The normalized spacial score (nSPS) is 25.2. The molecule has 7 nitrogen and oxygen atoms in total. The van der Waals surface area contributed by atoms with E-state index >= 15 is 0 Å². The van der Waals surface area contributed by atoms with Gasteiger partial charge in [0, 0.05) is 59.0 Å². The Balaban J connectivity index is 0.00000392. The van der Waals surface area contributed by atoms with Crippen molar-refractivity contribution in [2.45, 2.75) is 34.1 Å². The van der Waals surface area contributed by atoms with Crippen LogP contribution in [-0.4, -0.2) is 97.2 Å². The minimum Gasteiger partial charge on any atom is -0.396 e. The van der Waals surface area contributed by atoms with Crippen LogP contribution in [0.3, 0.4) is 0 Å². The van der Waals surface area contributed by atoms with Gasteiger partial charge in [-0.2, -0.15) is 0 Å². The van der Waals surface area contributed by atoms with Crippen molar-refractivity contribution in [2.75, 3.05) is 65.5 Å². The van der Waals surface area contributed by atoms with Crippen molar-refractivity contribution >= 4 is 35.8 Å². The largest absolute Gasteiger partial charge is 0.396 e. The lowest BCUT2D eigenvalue weighted by Gasteiger charge is -2.39. The van der Waals surface area contributed by atoms with Gasteiger partial charge in [0.25, 0.3) is 0 Å². The fraction of sp³-hybridized carbons (Fsp3) is 0.900. The van der Waals surface area contributed by atoms with Crippen molar-refractivity contribution in [3.63, 3.8) is 0 Å². The van der Waals surface area contributed by atoms with E-state index in [-0.39, 0.29) is 42.4 Å². The van der Waals surface area contributed by atoms with Crippen molar-refractivity contribution in [3.8, 4) is 0 Å². The monoisotopic (exact) mass is 509 g/mol. The first-order valence-electron chi connectivity index (χ1n) is 10.6. The predicted molar refractivity (Wildman–Crippen MR) is 125 cm³/mol. The molecule has 8 heteroatoms. The number of aliphatic hydroxyl groups is 1. The van der Waals surface area contributed by atoms with Crippen LogP contribution < -0.4 is 5.32 Å². The highest BCUT2D eigenvalue weighted by atomic mass is 127. The van der Waals surface area contributed by atoms with Crippen molar-refractivity contribution < 1.29 is 9.90 Å². The van der Waals surface area contributed by atoms with E-state index in [0.717, 1.165) is 51.8 Å². The Hall–Kier alpha value is -0.610. The number of hydrogen-bond acceptors (Lipinski definition) is 4. The maximum atomic E-state index is 12.7. The van der Waals surface area contributed by atoms with E-state index in [0.29, 0.717) is 24.9 Å². The lowest BCUT2D eigenvalue weighted by atomic mass is 9.92. The number of piperazine rings is 1. The van der Waals surface area contributed by atoms with Crippen LogP contribution in [0.4, 0.5) is 0 Å². The molecule has 1 amide bonds. The van der Waals surface area contributed by atoms with Gasteiger partial charge >= 0.3 is 0 Å². The lowest BCUT2D eigenvalue weighted by Crippen LogP contribution is -2.55. The van der Waals surface area contributed by atoms with E-state index in [1.807, 2.05) is 6.92 Å². The summed E-state index contributed by atoms with van der Waals surface area (Å²) in [5.74, 6) is 2.58. The number of piperidine rings is 1. The maximum absolute atomic E-state index is 12.7. The summed E-state index contributed by atoms with van der Waals surface area (Å²) >= 11 is 0. The molecular formula is C20H40IN5O2. The zero-order chi connectivity index (χ0) is 19.8. The van der Waals surface area contributed by atoms with Crippen LogP contribution >= 0.6 is 24.0 Å². The first-order chi connectivity index (χ1) is 12.9. The molecule has 2 rings (SSSR count). The summed E-state index contributed by atoms with van der Waals surface area (Å²) in [6.45, 7) is 16.0. The highest BCUT2D eigenvalue weighted by Gasteiger charge is 2.28. The number of guanidine groups is 1. The molecule has 0 saturated carbocycles. The molecule has 3 unspecified atom stereocenters. The van der Waals surface area contributed by atoms with E-state index in [1.165, 1.54) is 6.42 Å². The zero-order valence-corrected chi connectivity index (χ0v) is 20.4. The molecule has 2 aliphatic heterocycles. The van der Waals surface area contributed by atoms with Crippen LogP contribution in [0.15, 0.2) is 4.99 Å². The Morgan fingerprint density at radius 3 is 2.29 bits per heavy atom. The fourth-order valence-corrected chi connectivity index (χ4v) is 4.00. The first kappa shape index (κ1) is 25.4. The topological polar surface area (TPSA) is 71.4 Å². The molecular weight excluding hydrogens is 469 g/mol. The van der Waals surface area contributed by atoms with E-state index in [4.69, 9.17) is 0 Å². The van der Waals surface area contributed by atoms with Gasteiger partial charge in [-0.05, 0) is 31.1 Å². The summed E-state index contributed by atoms with van der Waals surface area (Å²) in [6, 6.07) is 0. The van der Waals surface area contributed by atoms with Gasteiger partial charge in [0.1, 0.15) is 0 Å². The van der Waals surface area contributed by atoms with Gasteiger partial charge < -0.3 is 20.2 Å². The van der Waals surface area contributed by atoms with Crippen LogP contribution in [0.25, 0.3) is 0 Å². The number of aliphatic hydroxyl groups excluding tert-OH is 1. The molecule has 3 atom stereocenters. The van der Waals surface area contributed by atoms with Crippen LogP contribution in [0.1, 0.15) is 34.1 Å². The Morgan fingerprint density at radius 2 is 1.75 bits per heavy atom. The third-order valence-corrected chi connectivity index (χ3v) is 5.45. The minimum absolute atomic E-state index is 0. The van der Waals surface area contributed by atoms with Gasteiger partial charge in [-0.15, -0.1) is 24.0 Å². The smallest absolute Gasteiger partial charge is 0.236 e. The molecule has 28 heavy (non-hydrogen) atoms. The average Bonchev–Trinajstić information content (AvgIpc) is 2.64. The standard InChI is InChI=1S/C20H39N5O2.HI/c1-5-21-20(22-11-18(4)15-26)24-8-6-23(7-9-24)14-19(27)25-12-16(2)10-17(3)13-25;/h16-18,26H,5-15H2,1-4H3,(H,21,22);1H. The van der Waals surface area contributed by atoms with Gasteiger partial charge in [0.05, 0.1) is 6.54 Å². The van der Waals surface area contributed by atoms with Crippen LogP contribution in [0.2, 0.25) is 0 Å². The Morgan fingerprint density at radius 1 is 1.14 bits per heavy atom. The third-order valence-electron chi connectivity index (χ3n) is 5.45. The fourth-order valence-electron chi connectivity index (χ4n) is 4.00. The maximum Gasteiger partial charge on any atom is 0.236 e. The van der Waals surface area contributed by atoms with Crippen LogP contribution in [-0.2, 0) is 4.79 Å². The van der Waals surface area contributed by atoms with Crippen LogP contribution in [0, 0.1) is 17.8 Å². The molecule has 0 bridgehead atoms. The second kappa shape index (κ2) is 12.8. The highest BCUT2D eigenvalue weighted by molar-refractivity contribution is 14.0. The molecule has 0 aliphatic carbocycles. The molecule has 2 N–H and O–H groups in total. The molecule has 0 aromatic carbocycles. The number of amides is 1. The molecule has 0 aromatic rings. The molecule has 0 radical (unpaired) electrons. The summed E-state index contributed by atoms with van der Waals surface area (Å²) < 4.78 is 0. The molecule has 0 aromatic heterocycles. The summed E-state index contributed by atoms with van der Waals surface area (Å²) in [4.78, 5) is 24.0. The van der Waals surface area contributed by atoms with Crippen molar-refractivity contribution in [1.29, 1.82) is 0 Å². The Kier molecular flexibility index (Phi) is 11.7. The van der Waals surface area contributed by atoms with E-state index in [1.54, 1.807) is 0 Å². The number of carbonyl (C=O) groups is 1. The summed E-state index contributed by atoms with van der Waals surface area (Å²) in [6.07, 6.45) is 1.23. The van der Waals surface area contributed by atoms with Gasteiger partial charge in [-0.25, -0.2) is 0 Å². The van der Waals surface area contributed by atoms with Crippen molar-refractivity contribution in [2.24, 2.45) is 22.7 Å². The van der Waals surface area contributed by atoms with Crippen LogP contribution in [0.5, 0.6) is 0 Å². The van der Waals surface area contributed by atoms with Gasteiger partial charge in [0.15, 0.2) is 5.96 Å². The highest BCUT2D eigenvalue weighted by Crippen LogP contribution is 2.21. The number of rotatable bonds is 6. The second-order valence-corrected chi connectivity index (χ2v) is 8.49. The Bertz CT molecular complexity index is 487. The molecule has 2 heterocycles. The quantitative estimate of drug-likeness (QED) is 0.321. The minimum atomic E-state index is 0. The third kappa shape index (κ3) is 8.02. The van der Waals surface area contributed by atoms with Crippen molar-refractivity contribution in [3.05, 3.63) is 0 Å². The second-order valence-electron chi connectivity index (χ2n) is 8.49. The predicted octanol–water partition coefficient (Wildman–Crippen LogP) is 1.32. The van der Waals surface area contributed by atoms with E-state index in [2.05, 4.69) is 45.8 Å². The number of hydrogen-bond donors (Lipinski definition) is 2. The molecule has 2 fully saturated rings. The number of nitrogens with zero attached hydrogens (tertiary/aromatic N) is 4. The molecule has 164 valence electrons. The Labute approximate surface area is 187 Å². The number of halogens is 1. The zero-order valence-electron chi connectivity index (χ0n) is 18.1. The SMILES string of the molecule is CCNC(=NCC(C)CO)N1CCN(CC(=O)N2CC(C)CC(C)C2)CC1.I. The summed E-state index contributed by atoms with van der Waals surface area (Å²) in [7, 11) is 0. The average molecular weight is 509 g/mol. The molecule has 0 spiro atoms. The molecule has 2 aliphatic rings. The van der Waals surface area contributed by atoms with E-state index < -0.39 is 0 Å². The van der Waals surface area contributed by atoms with Gasteiger partial charge in [0.2, 0.25) is 5.91 Å². The number of likely N-dealkylation sites (tertiary alicyclic amines) is 1. The number of aliphatic imine (C=N–C) groups is 1. The number of carbonyl (C=O) groups excluding carboxylic acids is 1. The lowest BCUT2D eigenvalue weighted by molar-refractivity contribution is -0.135. The summed E-state index contributed by atoms with van der Waals surface area (Å²) in [5, 5.41) is 12.6. The van der Waals surface area contributed by atoms with Crippen molar-refractivity contribution in [1.82, 2.24) is 20.0 Å². The summed E-state index contributed by atoms with van der Waals surface area (Å²) in [5.41, 5.74) is 0. The van der Waals surface area contributed by atoms with Gasteiger partial charge in [-0.3, -0.25) is 14.7 Å². The first-order valence-corrected chi connectivity index (χ1v) is 10.6. The van der Waals surface area contributed by atoms with Gasteiger partial charge in [-0.1, -0.05) is 20.8 Å². The van der Waals surface area contributed by atoms with E-state index in [9.17, 15) is 9.90 Å². The molecule has 2 saturated heterocycles.